The molecule has 3 aliphatic heterocycles. The summed E-state index contributed by atoms with van der Waals surface area (Å²) < 4.78 is 11.8. The molecule has 1 amide bonds. The molecular formula is C32H31Cl2N3O5. The van der Waals surface area contributed by atoms with E-state index in [1.807, 2.05) is 12.1 Å². The predicted molar refractivity (Wildman–Crippen MR) is 163 cm³/mol. The van der Waals surface area contributed by atoms with Gasteiger partial charge in [0.25, 0.3) is 5.91 Å². The van der Waals surface area contributed by atoms with Crippen LogP contribution in [0.1, 0.15) is 35.1 Å². The van der Waals surface area contributed by atoms with Crippen molar-refractivity contribution in [1.29, 1.82) is 0 Å². The lowest BCUT2D eigenvalue weighted by molar-refractivity contribution is -0.123. The predicted octanol–water partition coefficient (Wildman–Crippen LogP) is 4.95. The van der Waals surface area contributed by atoms with E-state index >= 15 is 0 Å². The second kappa shape index (κ2) is 11.4. The Kier molecular flexibility index (Phi) is 7.76. The molecule has 1 unspecified atom stereocenters. The number of nitrogens with zero attached hydrogens (tertiary/aromatic N) is 2. The number of aliphatic imine (C=N–C) groups is 1. The number of benzodiazepines with no additional fused rings is 1. The first-order valence-electron chi connectivity index (χ1n) is 13.7. The van der Waals surface area contributed by atoms with E-state index in [9.17, 15) is 15.0 Å². The first kappa shape index (κ1) is 28.7. The molecule has 8 nitrogen and oxygen atoms in total. The van der Waals surface area contributed by atoms with Gasteiger partial charge in [-0.25, -0.2) is 4.99 Å². The molecule has 42 heavy (non-hydrogen) atoms. The summed E-state index contributed by atoms with van der Waals surface area (Å²) in [5, 5.41) is 23.4. The number of carbonyl (C=O) groups excluding carboxylic acids is 1. The van der Waals surface area contributed by atoms with Crippen molar-refractivity contribution in [3.63, 3.8) is 0 Å². The fourth-order valence-corrected chi connectivity index (χ4v) is 6.61. The average molecular weight is 609 g/mol. The number of ether oxygens (including phenoxy) is 2. The van der Waals surface area contributed by atoms with Gasteiger partial charge in [-0.2, -0.15) is 0 Å². The highest BCUT2D eigenvalue weighted by Gasteiger charge is 2.52. The lowest BCUT2D eigenvalue weighted by Crippen LogP contribution is -2.42. The van der Waals surface area contributed by atoms with Crippen LogP contribution in [-0.4, -0.2) is 65.9 Å². The van der Waals surface area contributed by atoms with Gasteiger partial charge in [0.15, 0.2) is 11.5 Å². The molecule has 3 N–H and O–H groups in total. The van der Waals surface area contributed by atoms with Gasteiger partial charge in [0.2, 0.25) is 6.23 Å². The second-order valence-electron chi connectivity index (χ2n) is 10.9. The third kappa shape index (κ3) is 5.08. The Bertz CT molecular complexity index is 1610. The fourth-order valence-electron chi connectivity index (χ4n) is 6.21. The van der Waals surface area contributed by atoms with E-state index in [1.165, 1.54) is 11.1 Å². The SMILES string of the molecule is COc1ccc2c3c1O[C@H]1C[C@@H](O)C=C[C@@]31CCN(C)C2.O=C1Nc2ccc(Cl)cc2C(c2ccccc2Cl)=NC1O. The number of hydrogen-bond donors (Lipinski definition) is 3. The summed E-state index contributed by atoms with van der Waals surface area (Å²) in [7, 11) is 3.84. The van der Waals surface area contributed by atoms with E-state index < -0.39 is 18.2 Å². The number of amides is 1. The van der Waals surface area contributed by atoms with Gasteiger partial charge in [0, 0.05) is 39.7 Å². The van der Waals surface area contributed by atoms with Crippen molar-refractivity contribution in [2.75, 3.05) is 26.0 Å². The van der Waals surface area contributed by atoms with Gasteiger partial charge in [-0.3, -0.25) is 4.79 Å². The minimum Gasteiger partial charge on any atom is -0.493 e. The number of benzene rings is 3. The van der Waals surface area contributed by atoms with Crippen LogP contribution >= 0.6 is 23.2 Å². The molecule has 0 radical (unpaired) electrons. The Balaban J connectivity index is 0.000000150. The summed E-state index contributed by atoms with van der Waals surface area (Å²) in [6.45, 7) is 1.96. The Morgan fingerprint density at radius 1 is 1.12 bits per heavy atom. The molecule has 218 valence electrons. The highest BCUT2D eigenvalue weighted by Crippen LogP contribution is 2.55. The zero-order valence-electron chi connectivity index (χ0n) is 23.2. The standard InChI is InChI=1S/C17H21NO3.C15H10Cl2N2O2/c1-18-8-7-17-6-5-12(19)9-14(17)21-16-13(20-2)4-3-11(10-18)15(16)17;16-8-5-6-12-10(7-8)13(19-15(21)14(20)18-12)9-3-1-2-4-11(9)17/h3-6,12,14,19H,7-10H2,1-2H3;1-7,15,21H,(H,18,20)/t12-,14-,17-;/m0./s1. The van der Waals surface area contributed by atoms with Crippen molar-refractivity contribution in [3.05, 3.63) is 99.0 Å². The fraction of sp³-hybridized carbons (Fsp3) is 0.312. The maximum atomic E-state index is 11.8. The van der Waals surface area contributed by atoms with E-state index in [0.29, 0.717) is 39.0 Å². The van der Waals surface area contributed by atoms with Crippen LogP contribution in [0, 0.1) is 0 Å². The first-order chi connectivity index (χ1) is 20.2. The Hall–Kier alpha value is -3.40. The van der Waals surface area contributed by atoms with Gasteiger partial charge in [0.05, 0.1) is 30.0 Å². The molecule has 0 saturated carbocycles. The minimum atomic E-state index is -1.50. The molecule has 0 aromatic heterocycles. The molecule has 4 aliphatic rings. The minimum absolute atomic E-state index is 0.00838. The van der Waals surface area contributed by atoms with Crippen molar-refractivity contribution < 1.29 is 24.5 Å². The summed E-state index contributed by atoms with van der Waals surface area (Å²) in [5.74, 6) is 1.09. The smallest absolute Gasteiger partial charge is 0.276 e. The van der Waals surface area contributed by atoms with Crippen LogP contribution in [0.2, 0.25) is 10.0 Å². The molecule has 0 bridgehead atoms. The zero-order chi connectivity index (χ0) is 29.6. The van der Waals surface area contributed by atoms with E-state index in [-0.39, 0.29) is 11.5 Å². The Morgan fingerprint density at radius 2 is 1.93 bits per heavy atom. The lowest BCUT2D eigenvalue weighted by Gasteiger charge is -2.35. The van der Waals surface area contributed by atoms with E-state index in [2.05, 4.69) is 34.4 Å². The zero-order valence-corrected chi connectivity index (χ0v) is 24.7. The highest BCUT2D eigenvalue weighted by atomic mass is 35.5. The third-order valence-electron chi connectivity index (χ3n) is 8.26. The number of aliphatic hydroxyl groups is 2. The molecule has 0 fully saturated rings. The Morgan fingerprint density at radius 3 is 2.71 bits per heavy atom. The van der Waals surface area contributed by atoms with Gasteiger partial charge in [-0.1, -0.05) is 59.6 Å². The number of anilines is 1. The van der Waals surface area contributed by atoms with Crippen LogP contribution in [-0.2, 0) is 16.8 Å². The van der Waals surface area contributed by atoms with Gasteiger partial charge in [0.1, 0.15) is 6.10 Å². The number of nitrogens with one attached hydrogen (secondary N) is 1. The summed E-state index contributed by atoms with van der Waals surface area (Å²) >= 11 is 12.2. The van der Waals surface area contributed by atoms with Crippen LogP contribution in [0.25, 0.3) is 0 Å². The molecule has 3 aromatic carbocycles. The van der Waals surface area contributed by atoms with E-state index in [0.717, 1.165) is 31.0 Å². The highest BCUT2D eigenvalue weighted by molar-refractivity contribution is 6.36. The first-order valence-corrected chi connectivity index (χ1v) is 14.5. The van der Waals surface area contributed by atoms with Crippen LogP contribution < -0.4 is 14.8 Å². The number of carbonyl (C=O) groups is 1. The molecule has 3 aromatic rings. The summed E-state index contributed by atoms with van der Waals surface area (Å²) in [4.78, 5) is 18.2. The van der Waals surface area contributed by atoms with Crippen LogP contribution in [0.4, 0.5) is 5.69 Å². The molecule has 4 atom stereocenters. The molecule has 1 spiro atoms. The monoisotopic (exact) mass is 607 g/mol. The maximum absolute atomic E-state index is 11.8. The van der Waals surface area contributed by atoms with Crippen molar-refractivity contribution >= 4 is 40.5 Å². The van der Waals surface area contributed by atoms with Crippen LogP contribution in [0.15, 0.2) is 71.7 Å². The quantitative estimate of drug-likeness (QED) is 0.356. The van der Waals surface area contributed by atoms with E-state index in [4.69, 9.17) is 32.7 Å². The van der Waals surface area contributed by atoms with Crippen molar-refractivity contribution in [2.24, 2.45) is 4.99 Å². The van der Waals surface area contributed by atoms with Crippen molar-refractivity contribution in [3.8, 4) is 11.5 Å². The van der Waals surface area contributed by atoms with Gasteiger partial charge >= 0.3 is 0 Å². The molecule has 3 heterocycles. The van der Waals surface area contributed by atoms with E-state index in [1.54, 1.807) is 49.6 Å². The van der Waals surface area contributed by atoms with Crippen LogP contribution in [0.3, 0.4) is 0 Å². The second-order valence-corrected chi connectivity index (χ2v) is 11.8. The maximum Gasteiger partial charge on any atom is 0.276 e. The molecular weight excluding hydrogens is 577 g/mol. The summed E-state index contributed by atoms with van der Waals surface area (Å²) in [6, 6.07) is 16.2. The summed E-state index contributed by atoms with van der Waals surface area (Å²) in [5.41, 5.74) is 4.67. The number of aliphatic hydroxyl groups excluding tert-OH is 2. The number of halogens is 2. The number of rotatable bonds is 2. The van der Waals surface area contributed by atoms with Gasteiger partial charge in [-0.15, -0.1) is 0 Å². The van der Waals surface area contributed by atoms with Gasteiger partial charge < -0.3 is 29.9 Å². The number of fused-ring (bicyclic) bond motifs is 1. The molecule has 1 aliphatic carbocycles. The molecule has 10 heteroatoms. The summed E-state index contributed by atoms with van der Waals surface area (Å²) in [6.07, 6.45) is 3.88. The largest absolute Gasteiger partial charge is 0.493 e. The normalized spacial score (nSPS) is 25.7. The Labute approximate surface area is 254 Å². The van der Waals surface area contributed by atoms with Gasteiger partial charge in [-0.05, 0) is 55.9 Å². The van der Waals surface area contributed by atoms with Crippen molar-refractivity contribution in [1.82, 2.24) is 4.90 Å². The topological polar surface area (TPSA) is 104 Å². The third-order valence-corrected chi connectivity index (χ3v) is 8.82. The molecule has 0 saturated heterocycles. The number of hydrogen-bond acceptors (Lipinski definition) is 7. The lowest BCUT2D eigenvalue weighted by atomic mass is 9.69. The molecule has 7 rings (SSSR count). The average Bonchev–Trinajstić information content (AvgIpc) is 3.16. The van der Waals surface area contributed by atoms with Crippen molar-refractivity contribution in [2.45, 2.75) is 43.2 Å². The van der Waals surface area contributed by atoms with Crippen LogP contribution in [0.5, 0.6) is 11.5 Å². The number of methoxy groups -OCH3 is 1.